The normalized spacial score (nSPS) is 15.1. The lowest BCUT2D eigenvalue weighted by Crippen LogP contribution is -2.06. The Balaban J connectivity index is 2.32. The maximum Gasteiger partial charge on any atom is 0.264 e. The Kier molecular flexibility index (Phi) is 3.05. The highest BCUT2D eigenvalue weighted by atomic mass is 32.2. The number of aryl methyl sites for hydroxylation is 1. The van der Waals surface area contributed by atoms with E-state index in [1.807, 2.05) is 19.1 Å². The van der Waals surface area contributed by atoms with Crippen molar-refractivity contribution >= 4 is 15.9 Å². The molecular formula is C12H14O4S. The summed E-state index contributed by atoms with van der Waals surface area (Å²) >= 11 is 0. The largest absolute Gasteiger partial charge is 0.294 e. The molecule has 0 bridgehead atoms. The highest BCUT2D eigenvalue weighted by molar-refractivity contribution is 7.85. The molecule has 0 aromatic heterocycles. The summed E-state index contributed by atoms with van der Waals surface area (Å²) in [6, 6.07) is 3.71. The SMILES string of the molecule is Cc1c(COS(C)(=O)=O)ccc2c1C(=O)CC2. The van der Waals surface area contributed by atoms with E-state index in [1.165, 1.54) is 0 Å². The number of carbonyl (C=O) groups excluding carboxylic acids is 1. The predicted molar refractivity (Wildman–Crippen MR) is 63.5 cm³/mol. The van der Waals surface area contributed by atoms with Gasteiger partial charge in [0.15, 0.2) is 5.78 Å². The molecule has 0 unspecified atom stereocenters. The minimum atomic E-state index is -3.45. The summed E-state index contributed by atoms with van der Waals surface area (Å²) in [4.78, 5) is 11.7. The number of carbonyl (C=O) groups is 1. The van der Waals surface area contributed by atoms with Gasteiger partial charge in [-0.25, -0.2) is 0 Å². The quantitative estimate of drug-likeness (QED) is 0.769. The fourth-order valence-electron chi connectivity index (χ4n) is 2.11. The molecule has 0 heterocycles. The molecule has 0 aliphatic heterocycles. The van der Waals surface area contributed by atoms with Crippen LogP contribution in [0.1, 0.15) is 33.5 Å². The van der Waals surface area contributed by atoms with Gasteiger partial charge in [0.05, 0.1) is 12.9 Å². The fourth-order valence-corrected chi connectivity index (χ4v) is 2.45. The molecule has 92 valence electrons. The van der Waals surface area contributed by atoms with Gasteiger partial charge in [-0.2, -0.15) is 8.42 Å². The number of benzene rings is 1. The second-order valence-corrected chi connectivity index (χ2v) is 5.92. The molecule has 1 aromatic carbocycles. The van der Waals surface area contributed by atoms with E-state index < -0.39 is 10.1 Å². The van der Waals surface area contributed by atoms with Gasteiger partial charge in [0.2, 0.25) is 0 Å². The van der Waals surface area contributed by atoms with Crippen LogP contribution in [0.4, 0.5) is 0 Å². The van der Waals surface area contributed by atoms with Gasteiger partial charge in [-0.05, 0) is 30.0 Å². The Labute approximate surface area is 101 Å². The summed E-state index contributed by atoms with van der Waals surface area (Å²) in [6.07, 6.45) is 2.34. The van der Waals surface area contributed by atoms with Crippen molar-refractivity contribution in [1.82, 2.24) is 0 Å². The van der Waals surface area contributed by atoms with Crippen molar-refractivity contribution < 1.29 is 17.4 Å². The third kappa shape index (κ3) is 2.56. The molecule has 1 aromatic rings. The van der Waals surface area contributed by atoms with Crippen molar-refractivity contribution in [2.24, 2.45) is 0 Å². The first-order valence-corrected chi connectivity index (χ1v) is 7.19. The Bertz CT molecular complexity index is 572. The van der Waals surface area contributed by atoms with Gasteiger partial charge in [0, 0.05) is 12.0 Å². The summed E-state index contributed by atoms with van der Waals surface area (Å²) in [5.41, 5.74) is 3.40. The van der Waals surface area contributed by atoms with Gasteiger partial charge in [-0.1, -0.05) is 12.1 Å². The van der Waals surface area contributed by atoms with Crippen LogP contribution in [0.5, 0.6) is 0 Å². The Morgan fingerprint density at radius 3 is 2.65 bits per heavy atom. The highest BCUT2D eigenvalue weighted by Gasteiger charge is 2.23. The average Bonchev–Trinajstić information content (AvgIpc) is 2.59. The Hall–Kier alpha value is -1.20. The van der Waals surface area contributed by atoms with Crippen molar-refractivity contribution in [1.29, 1.82) is 0 Å². The van der Waals surface area contributed by atoms with Crippen LogP contribution < -0.4 is 0 Å². The summed E-state index contributed by atoms with van der Waals surface area (Å²) in [6.45, 7) is 1.83. The molecule has 0 radical (unpaired) electrons. The molecule has 0 atom stereocenters. The van der Waals surface area contributed by atoms with Gasteiger partial charge in [0.25, 0.3) is 10.1 Å². The first-order chi connectivity index (χ1) is 7.88. The Morgan fingerprint density at radius 1 is 1.29 bits per heavy atom. The summed E-state index contributed by atoms with van der Waals surface area (Å²) < 4.78 is 26.6. The number of ketones is 1. The zero-order chi connectivity index (χ0) is 12.6. The van der Waals surface area contributed by atoms with Gasteiger partial charge >= 0.3 is 0 Å². The molecule has 5 heteroatoms. The zero-order valence-electron chi connectivity index (χ0n) is 9.82. The standard InChI is InChI=1S/C12H14O4S/c1-8-10(7-16-17(2,14)15)4-3-9-5-6-11(13)12(8)9/h3-4H,5-7H2,1-2H3. The van der Waals surface area contributed by atoms with E-state index in [4.69, 9.17) is 4.18 Å². The van der Waals surface area contributed by atoms with Gasteiger partial charge < -0.3 is 0 Å². The topological polar surface area (TPSA) is 60.4 Å². The first-order valence-electron chi connectivity index (χ1n) is 5.37. The van der Waals surface area contributed by atoms with E-state index in [-0.39, 0.29) is 12.4 Å². The lowest BCUT2D eigenvalue weighted by atomic mass is 9.99. The molecule has 1 aliphatic carbocycles. The number of Topliss-reactive ketones (excluding diaryl/α,β-unsaturated/α-hetero) is 1. The van der Waals surface area contributed by atoms with E-state index in [1.54, 1.807) is 0 Å². The average molecular weight is 254 g/mol. The molecule has 1 aliphatic rings. The maximum atomic E-state index is 11.7. The first kappa shape index (κ1) is 12.3. The van der Waals surface area contributed by atoms with Gasteiger partial charge in [-0.15, -0.1) is 0 Å². The van der Waals surface area contributed by atoms with Crippen LogP contribution in [0.2, 0.25) is 0 Å². The molecule has 4 nitrogen and oxygen atoms in total. The predicted octanol–water partition coefficient (Wildman–Crippen LogP) is 1.60. The molecule has 0 saturated carbocycles. The van der Waals surface area contributed by atoms with Gasteiger partial charge in [-0.3, -0.25) is 8.98 Å². The lowest BCUT2D eigenvalue weighted by molar-refractivity contribution is 0.0994. The van der Waals surface area contributed by atoms with E-state index >= 15 is 0 Å². The van der Waals surface area contributed by atoms with Crippen molar-refractivity contribution in [3.05, 3.63) is 34.4 Å². The van der Waals surface area contributed by atoms with Crippen LogP contribution in [0.15, 0.2) is 12.1 Å². The van der Waals surface area contributed by atoms with Crippen LogP contribution in [0.25, 0.3) is 0 Å². The van der Waals surface area contributed by atoms with Crippen LogP contribution in [0, 0.1) is 6.92 Å². The monoisotopic (exact) mass is 254 g/mol. The van der Waals surface area contributed by atoms with Crippen molar-refractivity contribution in [3.8, 4) is 0 Å². The van der Waals surface area contributed by atoms with Crippen LogP contribution >= 0.6 is 0 Å². The molecule has 2 rings (SSSR count). The van der Waals surface area contributed by atoms with Crippen molar-refractivity contribution in [2.45, 2.75) is 26.4 Å². The number of rotatable bonds is 3. The van der Waals surface area contributed by atoms with Crippen LogP contribution in [-0.4, -0.2) is 20.5 Å². The molecule has 0 fully saturated rings. The maximum absolute atomic E-state index is 11.7. The minimum Gasteiger partial charge on any atom is -0.294 e. The summed E-state index contributed by atoms with van der Waals surface area (Å²) in [7, 11) is -3.45. The number of hydrogen-bond acceptors (Lipinski definition) is 4. The van der Waals surface area contributed by atoms with Crippen molar-refractivity contribution in [2.75, 3.05) is 6.26 Å². The molecular weight excluding hydrogens is 240 g/mol. The molecule has 0 saturated heterocycles. The van der Waals surface area contributed by atoms with Crippen LogP contribution in [0.3, 0.4) is 0 Å². The van der Waals surface area contributed by atoms with E-state index in [9.17, 15) is 13.2 Å². The third-order valence-electron chi connectivity index (χ3n) is 2.99. The summed E-state index contributed by atoms with van der Waals surface area (Å²) in [5, 5.41) is 0. The third-order valence-corrected chi connectivity index (χ3v) is 3.54. The second-order valence-electron chi connectivity index (χ2n) is 4.27. The number of fused-ring (bicyclic) bond motifs is 1. The van der Waals surface area contributed by atoms with E-state index in [0.717, 1.165) is 34.9 Å². The molecule has 0 amide bonds. The van der Waals surface area contributed by atoms with Gasteiger partial charge in [0.1, 0.15) is 0 Å². The molecule has 17 heavy (non-hydrogen) atoms. The minimum absolute atomic E-state index is 0.00870. The van der Waals surface area contributed by atoms with E-state index in [0.29, 0.717) is 6.42 Å². The molecule has 0 spiro atoms. The lowest BCUT2D eigenvalue weighted by Gasteiger charge is -2.09. The van der Waals surface area contributed by atoms with Crippen molar-refractivity contribution in [3.63, 3.8) is 0 Å². The Morgan fingerprint density at radius 2 is 2.00 bits per heavy atom. The smallest absolute Gasteiger partial charge is 0.264 e. The molecule has 0 N–H and O–H groups in total. The zero-order valence-corrected chi connectivity index (χ0v) is 10.6. The van der Waals surface area contributed by atoms with Crippen LogP contribution in [-0.2, 0) is 27.3 Å². The van der Waals surface area contributed by atoms with E-state index in [2.05, 4.69) is 0 Å². The fraction of sp³-hybridized carbons (Fsp3) is 0.417. The number of hydrogen-bond donors (Lipinski definition) is 0. The summed E-state index contributed by atoms with van der Waals surface area (Å²) in [5.74, 6) is 0.138. The highest BCUT2D eigenvalue weighted by Crippen LogP contribution is 2.27. The second kappa shape index (κ2) is 4.23.